The molecule has 0 saturated heterocycles. The molecule has 2 N–H and O–H groups in total. The number of halogens is 2. The number of nitrogens with zero attached hydrogens (tertiary/aromatic N) is 2. The van der Waals surface area contributed by atoms with Crippen molar-refractivity contribution in [3.63, 3.8) is 0 Å². The lowest BCUT2D eigenvalue weighted by Crippen LogP contribution is -1.98. The molecule has 0 amide bonds. The average molecular weight is 392 g/mol. The van der Waals surface area contributed by atoms with Crippen LogP contribution in [0.15, 0.2) is 40.8 Å². The van der Waals surface area contributed by atoms with E-state index >= 15 is 0 Å². The first-order valence-corrected chi connectivity index (χ1v) is 8.32. The predicted molar refractivity (Wildman–Crippen MR) is 101 cm³/mol. The molecule has 0 aliphatic heterocycles. The lowest BCUT2D eigenvalue weighted by atomic mass is 10.2. The van der Waals surface area contributed by atoms with Crippen molar-refractivity contribution in [3.05, 3.63) is 63.5 Å². The summed E-state index contributed by atoms with van der Waals surface area (Å²) in [6.45, 7) is 0.337. The monoisotopic (exact) mass is 391 g/mol. The topological polar surface area (TPSA) is 83.4 Å². The Morgan fingerprint density at radius 2 is 1.88 bits per heavy atom. The zero-order valence-corrected chi connectivity index (χ0v) is 15.3. The average Bonchev–Trinajstić information content (AvgIpc) is 3.05. The number of nitrogens with two attached hydrogens (primary N) is 1. The van der Waals surface area contributed by atoms with Crippen molar-refractivity contribution >= 4 is 41.4 Å². The SMILES string of the molecule is COc1cc(/C=C/c2nnc(N)o2)cc(Cl)c1OCc1ccc(Cl)cc1. The third-order valence-electron chi connectivity index (χ3n) is 3.42. The maximum Gasteiger partial charge on any atom is 0.313 e. The second-order valence-electron chi connectivity index (χ2n) is 5.26. The fourth-order valence-corrected chi connectivity index (χ4v) is 2.59. The summed E-state index contributed by atoms with van der Waals surface area (Å²) in [5, 5.41) is 8.43. The van der Waals surface area contributed by atoms with Gasteiger partial charge in [-0.15, -0.1) is 5.10 Å². The molecule has 0 saturated carbocycles. The van der Waals surface area contributed by atoms with E-state index in [0.29, 0.717) is 34.0 Å². The summed E-state index contributed by atoms with van der Waals surface area (Å²) in [7, 11) is 1.55. The van der Waals surface area contributed by atoms with Crippen molar-refractivity contribution in [1.29, 1.82) is 0 Å². The van der Waals surface area contributed by atoms with Gasteiger partial charge in [-0.25, -0.2) is 0 Å². The number of benzene rings is 2. The Labute approximate surface area is 160 Å². The van der Waals surface area contributed by atoms with Crippen LogP contribution in [0.3, 0.4) is 0 Å². The Morgan fingerprint density at radius 3 is 2.54 bits per heavy atom. The van der Waals surface area contributed by atoms with Crippen LogP contribution in [0.25, 0.3) is 12.2 Å². The molecule has 0 fully saturated rings. The van der Waals surface area contributed by atoms with E-state index in [-0.39, 0.29) is 6.01 Å². The van der Waals surface area contributed by atoms with E-state index in [2.05, 4.69) is 10.2 Å². The molecule has 0 aliphatic carbocycles. The normalized spacial score (nSPS) is 11.0. The minimum absolute atomic E-state index is 0.00575. The summed E-state index contributed by atoms with van der Waals surface area (Å²) >= 11 is 12.2. The smallest absolute Gasteiger partial charge is 0.313 e. The van der Waals surface area contributed by atoms with Crippen LogP contribution in [0.2, 0.25) is 10.0 Å². The maximum absolute atomic E-state index is 6.36. The molecule has 2 aromatic carbocycles. The number of rotatable bonds is 6. The molecular formula is C18H15Cl2N3O3. The van der Waals surface area contributed by atoms with Gasteiger partial charge in [-0.3, -0.25) is 0 Å². The first kappa shape index (κ1) is 18.1. The number of anilines is 1. The molecule has 6 nitrogen and oxygen atoms in total. The molecule has 0 spiro atoms. The molecule has 26 heavy (non-hydrogen) atoms. The summed E-state index contributed by atoms with van der Waals surface area (Å²) < 4.78 is 16.3. The Balaban J connectivity index is 1.78. The van der Waals surface area contributed by atoms with Gasteiger partial charge in [0.1, 0.15) is 6.61 Å². The summed E-state index contributed by atoms with van der Waals surface area (Å²) in [5.74, 6) is 1.26. The lowest BCUT2D eigenvalue weighted by molar-refractivity contribution is 0.284. The van der Waals surface area contributed by atoms with Crippen LogP contribution in [0.4, 0.5) is 6.01 Å². The molecule has 0 atom stereocenters. The van der Waals surface area contributed by atoms with Crippen LogP contribution in [0, 0.1) is 0 Å². The van der Waals surface area contributed by atoms with Crippen molar-refractivity contribution in [2.75, 3.05) is 12.8 Å². The van der Waals surface area contributed by atoms with Gasteiger partial charge in [0.15, 0.2) is 11.5 Å². The minimum Gasteiger partial charge on any atom is -0.493 e. The molecular weight excluding hydrogens is 377 g/mol. The third-order valence-corrected chi connectivity index (χ3v) is 3.96. The highest BCUT2D eigenvalue weighted by Crippen LogP contribution is 2.37. The van der Waals surface area contributed by atoms with Crippen LogP contribution in [-0.4, -0.2) is 17.3 Å². The Kier molecular flexibility index (Phi) is 5.65. The van der Waals surface area contributed by atoms with Crippen LogP contribution in [-0.2, 0) is 6.61 Å². The minimum atomic E-state index is 0.00575. The second-order valence-corrected chi connectivity index (χ2v) is 6.10. The fourth-order valence-electron chi connectivity index (χ4n) is 2.19. The molecule has 8 heteroatoms. The summed E-state index contributed by atoms with van der Waals surface area (Å²) in [4.78, 5) is 0. The third kappa shape index (κ3) is 4.47. The Bertz CT molecular complexity index is 924. The van der Waals surface area contributed by atoms with Gasteiger partial charge < -0.3 is 19.6 Å². The zero-order valence-electron chi connectivity index (χ0n) is 13.8. The van der Waals surface area contributed by atoms with Crippen molar-refractivity contribution in [3.8, 4) is 11.5 Å². The standard InChI is InChI=1S/C18H15Cl2N3O3/c1-24-15-9-12(4-7-16-22-23-18(21)26-16)8-14(20)17(15)25-10-11-2-5-13(19)6-3-11/h2-9H,10H2,1H3,(H2,21,23)/b7-4+. The molecule has 3 aromatic rings. The maximum atomic E-state index is 6.36. The lowest BCUT2D eigenvalue weighted by Gasteiger charge is -2.13. The Hall–Kier alpha value is -2.70. The number of ether oxygens (including phenoxy) is 2. The largest absolute Gasteiger partial charge is 0.493 e. The molecule has 1 aromatic heterocycles. The molecule has 0 unspecified atom stereocenters. The highest BCUT2D eigenvalue weighted by Gasteiger charge is 2.12. The van der Waals surface area contributed by atoms with Crippen LogP contribution >= 0.6 is 23.2 Å². The van der Waals surface area contributed by atoms with Crippen LogP contribution in [0.5, 0.6) is 11.5 Å². The first-order chi connectivity index (χ1) is 12.5. The highest BCUT2D eigenvalue weighted by molar-refractivity contribution is 6.32. The van der Waals surface area contributed by atoms with Gasteiger partial charge in [-0.2, -0.15) is 0 Å². The van der Waals surface area contributed by atoms with Gasteiger partial charge in [0.25, 0.3) is 0 Å². The van der Waals surface area contributed by atoms with E-state index in [4.69, 9.17) is 42.8 Å². The second kappa shape index (κ2) is 8.12. The number of nitrogen functional groups attached to an aromatic ring is 1. The highest BCUT2D eigenvalue weighted by atomic mass is 35.5. The molecule has 0 bridgehead atoms. The summed E-state index contributed by atoms with van der Waals surface area (Å²) in [5.41, 5.74) is 7.13. The molecule has 1 heterocycles. The molecule has 3 rings (SSSR count). The van der Waals surface area contributed by atoms with Crippen LogP contribution in [0.1, 0.15) is 17.0 Å². The van der Waals surface area contributed by atoms with E-state index in [1.807, 2.05) is 12.1 Å². The first-order valence-electron chi connectivity index (χ1n) is 7.57. The van der Waals surface area contributed by atoms with Crippen molar-refractivity contribution in [1.82, 2.24) is 10.2 Å². The molecule has 0 radical (unpaired) electrons. The van der Waals surface area contributed by atoms with Crippen molar-refractivity contribution in [2.24, 2.45) is 0 Å². The molecule has 134 valence electrons. The van der Waals surface area contributed by atoms with E-state index in [0.717, 1.165) is 11.1 Å². The summed E-state index contributed by atoms with van der Waals surface area (Å²) in [6, 6.07) is 10.9. The van der Waals surface area contributed by atoms with E-state index < -0.39 is 0 Å². The zero-order chi connectivity index (χ0) is 18.5. The van der Waals surface area contributed by atoms with Crippen LogP contribution < -0.4 is 15.2 Å². The van der Waals surface area contributed by atoms with Crippen molar-refractivity contribution < 1.29 is 13.9 Å². The van der Waals surface area contributed by atoms with Gasteiger partial charge in [-0.05, 0) is 41.5 Å². The predicted octanol–water partition coefficient (Wildman–Crippen LogP) is 4.72. The number of hydrogen-bond donors (Lipinski definition) is 1. The van der Waals surface area contributed by atoms with Gasteiger partial charge in [0.2, 0.25) is 5.89 Å². The van der Waals surface area contributed by atoms with Gasteiger partial charge in [0, 0.05) is 11.1 Å². The number of aromatic nitrogens is 2. The Morgan fingerprint density at radius 1 is 1.12 bits per heavy atom. The fraction of sp³-hybridized carbons (Fsp3) is 0.111. The summed E-state index contributed by atoms with van der Waals surface area (Å²) in [6.07, 6.45) is 3.38. The number of methoxy groups -OCH3 is 1. The van der Waals surface area contributed by atoms with Gasteiger partial charge in [0.05, 0.1) is 12.1 Å². The van der Waals surface area contributed by atoms with E-state index in [1.165, 1.54) is 0 Å². The quantitative estimate of drug-likeness (QED) is 0.654. The van der Waals surface area contributed by atoms with Gasteiger partial charge in [-0.1, -0.05) is 40.4 Å². The van der Waals surface area contributed by atoms with E-state index in [1.54, 1.807) is 43.5 Å². The molecule has 0 aliphatic rings. The van der Waals surface area contributed by atoms with E-state index in [9.17, 15) is 0 Å². The number of hydrogen-bond acceptors (Lipinski definition) is 6. The van der Waals surface area contributed by atoms with Gasteiger partial charge >= 0.3 is 6.01 Å². The van der Waals surface area contributed by atoms with Crippen molar-refractivity contribution in [2.45, 2.75) is 6.61 Å².